The Balaban J connectivity index is 1.97. The average molecular weight is 264 g/mol. The van der Waals surface area contributed by atoms with Crippen molar-refractivity contribution in [2.45, 2.75) is 26.8 Å². The van der Waals surface area contributed by atoms with Gasteiger partial charge in [-0.25, -0.2) is 4.39 Å². The van der Waals surface area contributed by atoms with E-state index in [1.165, 1.54) is 12.3 Å². The van der Waals surface area contributed by atoms with Crippen molar-refractivity contribution in [1.29, 1.82) is 0 Å². The van der Waals surface area contributed by atoms with Crippen molar-refractivity contribution in [3.8, 4) is 11.8 Å². The summed E-state index contributed by atoms with van der Waals surface area (Å²) in [5.41, 5.74) is 1.33. The van der Waals surface area contributed by atoms with Gasteiger partial charge in [0.2, 0.25) is 0 Å². The Morgan fingerprint density at radius 2 is 2.26 bits per heavy atom. The molecule has 1 N–H and O–H groups in total. The molecule has 1 heterocycles. The minimum atomic E-state index is -0.311. The standard InChI is InChI=1S/C14H17FN2O2/c1-3-6-16-8-11-9-18-14(17-11)19-12-5-4-10(2)13(15)7-12/h4-5,7,9,16H,3,6,8H2,1-2H3. The lowest BCUT2D eigenvalue weighted by Crippen LogP contribution is -2.13. The molecule has 2 rings (SSSR count). The molecule has 0 fully saturated rings. The molecule has 0 spiro atoms. The first-order valence-electron chi connectivity index (χ1n) is 6.28. The van der Waals surface area contributed by atoms with Crippen LogP contribution < -0.4 is 10.1 Å². The van der Waals surface area contributed by atoms with Crippen LogP contribution in [0.1, 0.15) is 24.6 Å². The fraction of sp³-hybridized carbons (Fsp3) is 0.357. The number of oxazole rings is 1. The van der Waals surface area contributed by atoms with Gasteiger partial charge in [-0.3, -0.25) is 0 Å². The summed E-state index contributed by atoms with van der Waals surface area (Å²) in [5, 5.41) is 3.21. The number of rotatable bonds is 6. The summed E-state index contributed by atoms with van der Waals surface area (Å²) >= 11 is 0. The van der Waals surface area contributed by atoms with Crippen molar-refractivity contribution in [3.05, 3.63) is 41.5 Å². The van der Waals surface area contributed by atoms with Crippen molar-refractivity contribution < 1.29 is 13.5 Å². The van der Waals surface area contributed by atoms with E-state index in [-0.39, 0.29) is 11.9 Å². The molecule has 1 aromatic heterocycles. The van der Waals surface area contributed by atoms with E-state index >= 15 is 0 Å². The monoisotopic (exact) mass is 264 g/mol. The number of hydrogen-bond donors (Lipinski definition) is 1. The maximum Gasteiger partial charge on any atom is 0.399 e. The quantitative estimate of drug-likeness (QED) is 0.812. The van der Waals surface area contributed by atoms with Crippen LogP contribution >= 0.6 is 0 Å². The molecule has 0 radical (unpaired) electrons. The Bertz CT molecular complexity index is 540. The summed E-state index contributed by atoms with van der Waals surface area (Å²) in [6, 6.07) is 4.64. The highest BCUT2D eigenvalue weighted by molar-refractivity contribution is 5.29. The van der Waals surface area contributed by atoms with Crippen LogP contribution in [0, 0.1) is 12.7 Å². The van der Waals surface area contributed by atoms with Gasteiger partial charge in [-0.2, -0.15) is 4.98 Å². The minimum Gasteiger partial charge on any atom is -0.417 e. The van der Waals surface area contributed by atoms with E-state index in [9.17, 15) is 4.39 Å². The lowest BCUT2D eigenvalue weighted by atomic mass is 10.2. The zero-order valence-corrected chi connectivity index (χ0v) is 11.1. The van der Waals surface area contributed by atoms with E-state index in [1.807, 2.05) is 0 Å². The molecule has 0 aliphatic carbocycles. The molecule has 2 aromatic rings. The summed E-state index contributed by atoms with van der Waals surface area (Å²) < 4.78 is 23.9. The number of nitrogens with zero attached hydrogens (tertiary/aromatic N) is 1. The molecule has 5 heteroatoms. The lowest BCUT2D eigenvalue weighted by Gasteiger charge is -2.02. The second-order valence-electron chi connectivity index (χ2n) is 4.29. The van der Waals surface area contributed by atoms with Crippen LogP contribution in [0.15, 0.2) is 28.9 Å². The zero-order valence-electron chi connectivity index (χ0n) is 11.1. The predicted molar refractivity (Wildman–Crippen MR) is 69.7 cm³/mol. The van der Waals surface area contributed by atoms with Crippen LogP contribution in [-0.4, -0.2) is 11.5 Å². The van der Waals surface area contributed by atoms with Gasteiger partial charge in [0, 0.05) is 12.6 Å². The highest BCUT2D eigenvalue weighted by Crippen LogP contribution is 2.22. The number of ether oxygens (including phenoxy) is 1. The van der Waals surface area contributed by atoms with Gasteiger partial charge < -0.3 is 14.5 Å². The lowest BCUT2D eigenvalue weighted by molar-refractivity contribution is 0.329. The molecule has 1 aromatic carbocycles. The van der Waals surface area contributed by atoms with Crippen LogP contribution in [0.2, 0.25) is 0 Å². The van der Waals surface area contributed by atoms with E-state index in [1.54, 1.807) is 19.1 Å². The fourth-order valence-electron chi connectivity index (χ4n) is 1.55. The van der Waals surface area contributed by atoms with Gasteiger partial charge in [0.25, 0.3) is 0 Å². The van der Waals surface area contributed by atoms with Crippen LogP contribution in [0.25, 0.3) is 0 Å². The SMILES string of the molecule is CCCNCc1coc(Oc2ccc(C)c(F)c2)n1. The third-order valence-corrected chi connectivity index (χ3v) is 2.61. The molecule has 0 amide bonds. The topological polar surface area (TPSA) is 47.3 Å². The molecule has 0 aliphatic heterocycles. The van der Waals surface area contributed by atoms with Crippen molar-refractivity contribution in [2.24, 2.45) is 0 Å². The number of aromatic nitrogens is 1. The summed E-state index contributed by atoms with van der Waals surface area (Å²) in [7, 11) is 0. The number of halogens is 1. The van der Waals surface area contributed by atoms with Crippen molar-refractivity contribution in [3.63, 3.8) is 0 Å². The van der Waals surface area contributed by atoms with E-state index in [4.69, 9.17) is 9.15 Å². The van der Waals surface area contributed by atoms with Crippen molar-refractivity contribution in [2.75, 3.05) is 6.54 Å². The highest BCUT2D eigenvalue weighted by atomic mass is 19.1. The second kappa shape index (κ2) is 6.33. The average Bonchev–Trinajstić information content (AvgIpc) is 2.82. The Labute approximate surface area is 111 Å². The van der Waals surface area contributed by atoms with E-state index < -0.39 is 0 Å². The molecule has 0 saturated carbocycles. The number of benzene rings is 1. The highest BCUT2D eigenvalue weighted by Gasteiger charge is 2.07. The molecule has 0 atom stereocenters. The molecule has 0 aliphatic rings. The second-order valence-corrected chi connectivity index (χ2v) is 4.29. The first-order chi connectivity index (χ1) is 9.19. The maximum absolute atomic E-state index is 13.4. The molecule has 4 nitrogen and oxygen atoms in total. The number of aryl methyl sites for hydroxylation is 1. The van der Waals surface area contributed by atoms with Gasteiger partial charge in [-0.15, -0.1) is 0 Å². The minimum absolute atomic E-state index is 0.122. The van der Waals surface area contributed by atoms with E-state index in [2.05, 4.69) is 17.2 Å². The zero-order chi connectivity index (χ0) is 13.7. The molecular weight excluding hydrogens is 247 g/mol. The molecule has 0 saturated heterocycles. The van der Waals surface area contributed by atoms with Gasteiger partial charge in [-0.1, -0.05) is 13.0 Å². The molecule has 102 valence electrons. The molecular formula is C14H17FN2O2. The molecule has 0 bridgehead atoms. The predicted octanol–water partition coefficient (Wildman–Crippen LogP) is 3.41. The van der Waals surface area contributed by atoms with Crippen LogP contribution in [-0.2, 0) is 6.54 Å². The summed E-state index contributed by atoms with van der Waals surface area (Å²) in [6.07, 6.45) is 2.71. The van der Waals surface area contributed by atoms with Gasteiger partial charge in [0.15, 0.2) is 0 Å². The van der Waals surface area contributed by atoms with Gasteiger partial charge in [-0.05, 0) is 31.5 Å². The van der Waals surface area contributed by atoms with E-state index in [0.717, 1.165) is 18.7 Å². The fourth-order valence-corrected chi connectivity index (χ4v) is 1.55. The molecule has 0 unspecified atom stereocenters. The molecule has 19 heavy (non-hydrogen) atoms. The normalized spacial score (nSPS) is 10.7. The number of nitrogens with one attached hydrogen (secondary N) is 1. The van der Waals surface area contributed by atoms with Crippen LogP contribution in [0.5, 0.6) is 11.8 Å². The largest absolute Gasteiger partial charge is 0.417 e. The Kier molecular flexibility index (Phi) is 4.52. The van der Waals surface area contributed by atoms with Crippen molar-refractivity contribution in [1.82, 2.24) is 10.3 Å². The van der Waals surface area contributed by atoms with E-state index in [0.29, 0.717) is 17.9 Å². The van der Waals surface area contributed by atoms with Gasteiger partial charge >= 0.3 is 6.08 Å². The first-order valence-corrected chi connectivity index (χ1v) is 6.28. The first kappa shape index (κ1) is 13.5. The van der Waals surface area contributed by atoms with Crippen LogP contribution in [0.3, 0.4) is 0 Å². The Morgan fingerprint density at radius 1 is 1.42 bits per heavy atom. The summed E-state index contributed by atoms with van der Waals surface area (Å²) in [5.74, 6) is 0.0620. The third kappa shape index (κ3) is 3.79. The summed E-state index contributed by atoms with van der Waals surface area (Å²) in [6.45, 7) is 5.34. The maximum atomic E-state index is 13.4. The smallest absolute Gasteiger partial charge is 0.399 e. The van der Waals surface area contributed by atoms with Gasteiger partial charge in [0.1, 0.15) is 17.8 Å². The van der Waals surface area contributed by atoms with Gasteiger partial charge in [0.05, 0.1) is 5.69 Å². The Morgan fingerprint density at radius 3 is 3.00 bits per heavy atom. The third-order valence-electron chi connectivity index (χ3n) is 2.61. The Hall–Kier alpha value is -1.88. The summed E-state index contributed by atoms with van der Waals surface area (Å²) in [4.78, 5) is 4.16. The van der Waals surface area contributed by atoms with Crippen molar-refractivity contribution >= 4 is 0 Å². The van der Waals surface area contributed by atoms with Crippen LogP contribution in [0.4, 0.5) is 4.39 Å². The number of hydrogen-bond acceptors (Lipinski definition) is 4.